The number of H-pyrrole nitrogens is 1. The number of hydrogen-bond donors (Lipinski definition) is 1. The number of aromatic amines is 1. The molecule has 1 N–H and O–H groups in total. The first-order valence-corrected chi connectivity index (χ1v) is 7.91. The molecule has 2 heterocycles. The third kappa shape index (κ3) is 2.62. The summed E-state index contributed by atoms with van der Waals surface area (Å²) < 4.78 is 2.94. The number of rotatable bonds is 4. The maximum absolute atomic E-state index is 5.42. The Morgan fingerprint density at radius 1 is 1.10 bits per heavy atom. The molecule has 0 unspecified atom stereocenters. The Hall–Kier alpha value is -1.65. The first kappa shape index (κ1) is 13.3. The lowest BCUT2D eigenvalue weighted by atomic mass is 10.2. The molecular formula is C16H16N2S2. The third-order valence-corrected chi connectivity index (χ3v) is 4.87. The Morgan fingerprint density at radius 3 is 2.55 bits per heavy atom. The number of imidazole rings is 1. The zero-order chi connectivity index (χ0) is 13.9. The summed E-state index contributed by atoms with van der Waals surface area (Å²) in [5.74, 6) is 0. The van der Waals surface area contributed by atoms with E-state index < -0.39 is 0 Å². The zero-order valence-corrected chi connectivity index (χ0v) is 12.9. The van der Waals surface area contributed by atoms with E-state index in [0.29, 0.717) is 0 Å². The van der Waals surface area contributed by atoms with E-state index in [-0.39, 0.29) is 0 Å². The summed E-state index contributed by atoms with van der Waals surface area (Å²) in [5, 5.41) is 0. The maximum Gasteiger partial charge on any atom is 0.177 e. The predicted octanol–water partition coefficient (Wildman–Crippen LogP) is 4.88. The molecule has 0 amide bonds. The molecule has 0 bridgehead atoms. The van der Waals surface area contributed by atoms with Crippen molar-refractivity contribution >= 4 is 23.6 Å². The van der Waals surface area contributed by atoms with Gasteiger partial charge in [-0.3, -0.25) is 0 Å². The van der Waals surface area contributed by atoms with Gasteiger partial charge in [0.15, 0.2) is 4.77 Å². The van der Waals surface area contributed by atoms with Gasteiger partial charge in [-0.25, -0.2) is 0 Å². The van der Waals surface area contributed by atoms with Crippen molar-refractivity contribution in [2.75, 3.05) is 0 Å². The van der Waals surface area contributed by atoms with Gasteiger partial charge in [0.1, 0.15) is 0 Å². The lowest BCUT2D eigenvalue weighted by molar-refractivity contribution is 0.803. The van der Waals surface area contributed by atoms with Crippen LogP contribution in [0.4, 0.5) is 0 Å². The van der Waals surface area contributed by atoms with Gasteiger partial charge in [-0.05, 0) is 36.3 Å². The third-order valence-electron chi connectivity index (χ3n) is 3.32. The fourth-order valence-electron chi connectivity index (χ4n) is 2.25. The minimum absolute atomic E-state index is 0.773. The van der Waals surface area contributed by atoms with Crippen LogP contribution < -0.4 is 0 Å². The lowest BCUT2D eigenvalue weighted by Gasteiger charge is -2.07. The number of aryl methyl sites for hydroxylation is 1. The Kier molecular flexibility index (Phi) is 3.85. The van der Waals surface area contributed by atoms with Crippen molar-refractivity contribution in [1.29, 1.82) is 0 Å². The molecule has 0 aliphatic rings. The Bertz CT molecular complexity index is 750. The van der Waals surface area contributed by atoms with Crippen molar-refractivity contribution in [1.82, 2.24) is 9.55 Å². The molecule has 4 heteroatoms. The van der Waals surface area contributed by atoms with Gasteiger partial charge in [-0.1, -0.05) is 37.3 Å². The second-order valence-electron chi connectivity index (χ2n) is 4.65. The van der Waals surface area contributed by atoms with E-state index in [4.69, 9.17) is 12.2 Å². The van der Waals surface area contributed by atoms with Crippen molar-refractivity contribution in [3.8, 4) is 11.3 Å². The maximum atomic E-state index is 5.42. The number of nitrogens with zero attached hydrogens (tertiary/aromatic N) is 1. The van der Waals surface area contributed by atoms with Crippen LogP contribution in [0.5, 0.6) is 0 Å². The Balaban J connectivity index is 1.97. The zero-order valence-electron chi connectivity index (χ0n) is 11.3. The number of nitrogens with one attached hydrogen (secondary N) is 1. The molecule has 2 nitrogen and oxygen atoms in total. The topological polar surface area (TPSA) is 20.7 Å². The molecule has 0 spiro atoms. The molecule has 0 radical (unpaired) electrons. The summed E-state index contributed by atoms with van der Waals surface area (Å²) in [6, 6.07) is 14.8. The highest BCUT2D eigenvalue weighted by atomic mass is 32.1. The first-order valence-electron chi connectivity index (χ1n) is 6.69. The molecule has 1 aromatic carbocycles. The minimum atomic E-state index is 0.773. The van der Waals surface area contributed by atoms with Crippen LogP contribution in [0.2, 0.25) is 0 Å². The van der Waals surface area contributed by atoms with Gasteiger partial charge >= 0.3 is 0 Å². The molecule has 0 fully saturated rings. The van der Waals surface area contributed by atoms with Crippen LogP contribution in [0, 0.1) is 4.77 Å². The van der Waals surface area contributed by atoms with Crippen molar-refractivity contribution in [3.05, 3.63) is 63.2 Å². The molecule has 0 atom stereocenters. The lowest BCUT2D eigenvalue weighted by Crippen LogP contribution is -2.00. The van der Waals surface area contributed by atoms with Gasteiger partial charge < -0.3 is 9.55 Å². The Labute approximate surface area is 127 Å². The average molecular weight is 300 g/mol. The fraction of sp³-hybridized carbons (Fsp3) is 0.188. The monoisotopic (exact) mass is 300 g/mol. The second kappa shape index (κ2) is 5.77. The molecule has 3 rings (SSSR count). The summed E-state index contributed by atoms with van der Waals surface area (Å²) in [7, 11) is 0. The first-order chi connectivity index (χ1) is 9.78. The molecule has 2 aromatic heterocycles. The van der Waals surface area contributed by atoms with E-state index >= 15 is 0 Å². The fourth-order valence-corrected chi connectivity index (χ4v) is 3.42. The van der Waals surface area contributed by atoms with Gasteiger partial charge in [0, 0.05) is 16.0 Å². The summed E-state index contributed by atoms with van der Waals surface area (Å²) in [4.78, 5) is 5.92. The van der Waals surface area contributed by atoms with Crippen molar-refractivity contribution in [3.63, 3.8) is 0 Å². The number of benzene rings is 1. The van der Waals surface area contributed by atoms with Crippen LogP contribution in [0.15, 0.2) is 48.7 Å². The average Bonchev–Trinajstić information content (AvgIpc) is 3.08. The summed E-state index contributed by atoms with van der Waals surface area (Å²) in [5.41, 5.74) is 2.33. The normalized spacial score (nSPS) is 10.8. The molecule has 102 valence electrons. The number of hydrogen-bond acceptors (Lipinski definition) is 2. The molecule has 0 saturated carbocycles. The summed E-state index contributed by atoms with van der Waals surface area (Å²) >= 11 is 7.28. The predicted molar refractivity (Wildman–Crippen MR) is 87.9 cm³/mol. The molecule has 20 heavy (non-hydrogen) atoms. The molecule has 0 saturated heterocycles. The van der Waals surface area contributed by atoms with Crippen LogP contribution in [-0.4, -0.2) is 9.55 Å². The van der Waals surface area contributed by atoms with Crippen LogP contribution in [-0.2, 0) is 13.0 Å². The van der Waals surface area contributed by atoms with E-state index in [1.54, 1.807) is 0 Å². The van der Waals surface area contributed by atoms with Crippen LogP contribution in [0.25, 0.3) is 11.3 Å². The van der Waals surface area contributed by atoms with Crippen molar-refractivity contribution in [2.24, 2.45) is 0 Å². The summed E-state index contributed by atoms with van der Waals surface area (Å²) in [6.07, 6.45) is 3.08. The minimum Gasteiger partial charge on any atom is -0.337 e. The quantitative estimate of drug-likeness (QED) is 0.681. The highest BCUT2D eigenvalue weighted by molar-refractivity contribution is 7.71. The molecule has 3 aromatic rings. The molecule has 0 aliphatic carbocycles. The largest absolute Gasteiger partial charge is 0.337 e. The van der Waals surface area contributed by atoms with Gasteiger partial charge in [-0.15, -0.1) is 11.3 Å². The van der Waals surface area contributed by atoms with Gasteiger partial charge in [-0.2, -0.15) is 0 Å². The van der Waals surface area contributed by atoms with E-state index in [1.807, 2.05) is 23.6 Å². The summed E-state index contributed by atoms with van der Waals surface area (Å²) in [6.45, 7) is 3.02. The molecule has 0 aliphatic heterocycles. The van der Waals surface area contributed by atoms with Gasteiger partial charge in [0.05, 0.1) is 12.2 Å². The van der Waals surface area contributed by atoms with Crippen LogP contribution >= 0.6 is 23.6 Å². The van der Waals surface area contributed by atoms with E-state index in [1.165, 1.54) is 15.3 Å². The van der Waals surface area contributed by atoms with E-state index in [2.05, 4.69) is 52.9 Å². The van der Waals surface area contributed by atoms with Crippen LogP contribution in [0.1, 0.15) is 16.7 Å². The highest BCUT2D eigenvalue weighted by Gasteiger charge is 2.08. The Morgan fingerprint density at radius 2 is 1.85 bits per heavy atom. The highest BCUT2D eigenvalue weighted by Crippen LogP contribution is 2.23. The van der Waals surface area contributed by atoms with Gasteiger partial charge in [0.2, 0.25) is 0 Å². The number of aromatic nitrogens is 2. The van der Waals surface area contributed by atoms with E-state index in [9.17, 15) is 0 Å². The standard InChI is InChI=1S/C16H16N2S2/c1-2-13-8-9-14(20-13)11-18-15(10-17-16(18)19)12-6-4-3-5-7-12/h3-10H,2,11H2,1H3,(H,17,19). The SMILES string of the molecule is CCc1ccc(Cn2c(-c3ccccc3)c[nH]c2=S)s1. The molecular weight excluding hydrogens is 284 g/mol. The van der Waals surface area contributed by atoms with Crippen LogP contribution in [0.3, 0.4) is 0 Å². The van der Waals surface area contributed by atoms with Crippen molar-refractivity contribution in [2.45, 2.75) is 19.9 Å². The smallest absolute Gasteiger partial charge is 0.177 e. The second-order valence-corrected chi connectivity index (χ2v) is 6.29. The van der Waals surface area contributed by atoms with E-state index in [0.717, 1.165) is 23.4 Å². The number of thiophene rings is 1. The van der Waals surface area contributed by atoms with Gasteiger partial charge in [0.25, 0.3) is 0 Å². The van der Waals surface area contributed by atoms with Crippen molar-refractivity contribution < 1.29 is 0 Å².